The van der Waals surface area contributed by atoms with Crippen molar-refractivity contribution in [2.24, 2.45) is 0 Å². The van der Waals surface area contributed by atoms with E-state index in [9.17, 15) is 0 Å². The Morgan fingerprint density at radius 3 is 2.40 bits per heavy atom. The van der Waals surface area contributed by atoms with Crippen LogP contribution >= 0.6 is 12.4 Å². The third-order valence-corrected chi connectivity index (χ3v) is 1.73. The lowest BCUT2D eigenvalue weighted by Crippen LogP contribution is -2.33. The van der Waals surface area contributed by atoms with E-state index in [1.54, 1.807) is 0 Å². The van der Waals surface area contributed by atoms with Crippen molar-refractivity contribution in [3.05, 3.63) is 12.2 Å². The maximum Gasteiger partial charge on any atom is 0.0584 e. The molecule has 0 unspecified atom stereocenters. The van der Waals surface area contributed by atoms with Crippen molar-refractivity contribution in [1.82, 2.24) is 4.90 Å². The predicted molar refractivity (Wildman–Crippen MR) is 44.5 cm³/mol. The van der Waals surface area contributed by atoms with Crippen LogP contribution in [0.25, 0.3) is 0 Å². The molecule has 1 atom stereocenters. The highest BCUT2D eigenvalue weighted by molar-refractivity contribution is 5.85. The van der Waals surface area contributed by atoms with Gasteiger partial charge in [0.25, 0.3) is 0 Å². The fraction of sp³-hybridized carbons (Fsp3) is 0.714. The maximum absolute atomic E-state index is 8.73. The summed E-state index contributed by atoms with van der Waals surface area (Å²) in [6.07, 6.45) is 4.26. The Morgan fingerprint density at radius 1 is 1.50 bits per heavy atom. The topological polar surface area (TPSA) is 23.5 Å². The van der Waals surface area contributed by atoms with E-state index in [1.165, 1.54) is 0 Å². The third-order valence-electron chi connectivity index (χ3n) is 1.73. The summed E-state index contributed by atoms with van der Waals surface area (Å²) in [5.41, 5.74) is 0. The molecule has 0 aromatic carbocycles. The molecule has 10 heavy (non-hydrogen) atoms. The summed E-state index contributed by atoms with van der Waals surface area (Å²) in [6.45, 7) is 4.30. The van der Waals surface area contributed by atoms with Gasteiger partial charge in [-0.05, 0) is 6.92 Å². The number of aliphatic hydroxyl groups excluding tert-OH is 1. The van der Waals surface area contributed by atoms with Crippen molar-refractivity contribution in [2.75, 3.05) is 19.7 Å². The number of hydrogen-bond acceptors (Lipinski definition) is 2. The molecule has 0 aromatic heterocycles. The molecule has 1 aliphatic heterocycles. The van der Waals surface area contributed by atoms with Gasteiger partial charge in [0.05, 0.1) is 6.61 Å². The number of hydrogen-bond donors (Lipinski definition) is 1. The monoisotopic (exact) mass is 163 g/mol. The summed E-state index contributed by atoms with van der Waals surface area (Å²) < 4.78 is 0. The maximum atomic E-state index is 8.73. The SMILES string of the molecule is C[C@H](CO)N1CC=CC1.Cl. The van der Waals surface area contributed by atoms with Crippen molar-refractivity contribution >= 4 is 12.4 Å². The van der Waals surface area contributed by atoms with Gasteiger partial charge in [-0.25, -0.2) is 0 Å². The van der Waals surface area contributed by atoms with Crippen LogP contribution in [-0.4, -0.2) is 35.7 Å². The molecule has 1 N–H and O–H groups in total. The minimum atomic E-state index is 0. The van der Waals surface area contributed by atoms with E-state index in [2.05, 4.69) is 17.1 Å². The first-order chi connectivity index (χ1) is 4.34. The van der Waals surface area contributed by atoms with Crippen LogP contribution in [-0.2, 0) is 0 Å². The first kappa shape index (κ1) is 9.95. The zero-order valence-electron chi connectivity index (χ0n) is 6.16. The van der Waals surface area contributed by atoms with Gasteiger partial charge in [-0.2, -0.15) is 0 Å². The molecule has 0 saturated carbocycles. The van der Waals surface area contributed by atoms with E-state index in [0.717, 1.165) is 13.1 Å². The van der Waals surface area contributed by atoms with Gasteiger partial charge in [-0.15, -0.1) is 12.4 Å². The van der Waals surface area contributed by atoms with Crippen LogP contribution in [0.5, 0.6) is 0 Å². The summed E-state index contributed by atoms with van der Waals surface area (Å²) in [7, 11) is 0. The average molecular weight is 164 g/mol. The summed E-state index contributed by atoms with van der Waals surface area (Å²) in [6, 6.07) is 0.319. The van der Waals surface area contributed by atoms with E-state index in [-0.39, 0.29) is 19.0 Å². The van der Waals surface area contributed by atoms with Crippen molar-refractivity contribution in [2.45, 2.75) is 13.0 Å². The van der Waals surface area contributed by atoms with Gasteiger partial charge < -0.3 is 5.11 Å². The van der Waals surface area contributed by atoms with E-state index in [0.29, 0.717) is 6.04 Å². The molecule has 0 aromatic rings. The van der Waals surface area contributed by atoms with Crippen LogP contribution < -0.4 is 0 Å². The van der Waals surface area contributed by atoms with Crippen LogP contribution in [0, 0.1) is 0 Å². The summed E-state index contributed by atoms with van der Waals surface area (Å²) >= 11 is 0. The molecule has 1 heterocycles. The van der Waals surface area contributed by atoms with Crippen LogP contribution in [0.15, 0.2) is 12.2 Å². The minimum Gasteiger partial charge on any atom is -0.395 e. The summed E-state index contributed by atoms with van der Waals surface area (Å²) in [5, 5.41) is 8.73. The van der Waals surface area contributed by atoms with E-state index in [4.69, 9.17) is 5.11 Å². The van der Waals surface area contributed by atoms with Crippen molar-refractivity contribution < 1.29 is 5.11 Å². The van der Waals surface area contributed by atoms with Gasteiger partial charge in [0, 0.05) is 19.1 Å². The molecule has 0 spiro atoms. The predicted octanol–water partition coefficient (Wildman–Crippen LogP) is 0.661. The zero-order valence-corrected chi connectivity index (χ0v) is 6.97. The van der Waals surface area contributed by atoms with Crippen LogP contribution in [0.3, 0.4) is 0 Å². The quantitative estimate of drug-likeness (QED) is 0.605. The van der Waals surface area contributed by atoms with Crippen molar-refractivity contribution in [1.29, 1.82) is 0 Å². The number of aliphatic hydroxyl groups is 1. The van der Waals surface area contributed by atoms with Crippen LogP contribution in [0.2, 0.25) is 0 Å². The molecule has 0 saturated heterocycles. The lowest BCUT2D eigenvalue weighted by molar-refractivity contribution is 0.163. The smallest absolute Gasteiger partial charge is 0.0584 e. The molecule has 1 rings (SSSR count). The molecule has 3 heteroatoms. The van der Waals surface area contributed by atoms with Gasteiger partial charge in [0.2, 0.25) is 0 Å². The Bertz CT molecular complexity index is 108. The standard InChI is InChI=1S/C7H13NO.ClH/c1-7(6-9)8-4-2-3-5-8;/h2-3,7,9H,4-6H2,1H3;1H/t7-;/m1./s1. The first-order valence-corrected chi connectivity index (χ1v) is 3.34. The van der Waals surface area contributed by atoms with Gasteiger partial charge in [-0.1, -0.05) is 12.2 Å². The van der Waals surface area contributed by atoms with Crippen molar-refractivity contribution in [3.63, 3.8) is 0 Å². The number of nitrogens with zero attached hydrogens (tertiary/aromatic N) is 1. The summed E-state index contributed by atoms with van der Waals surface area (Å²) in [5.74, 6) is 0. The Hall–Kier alpha value is -0.0500. The second kappa shape index (κ2) is 4.72. The van der Waals surface area contributed by atoms with E-state index < -0.39 is 0 Å². The van der Waals surface area contributed by atoms with Crippen molar-refractivity contribution in [3.8, 4) is 0 Å². The lowest BCUT2D eigenvalue weighted by Gasteiger charge is -2.20. The zero-order chi connectivity index (χ0) is 6.69. The van der Waals surface area contributed by atoms with Gasteiger partial charge in [0.1, 0.15) is 0 Å². The second-order valence-electron chi connectivity index (χ2n) is 2.46. The largest absolute Gasteiger partial charge is 0.395 e. The van der Waals surface area contributed by atoms with E-state index in [1.807, 2.05) is 6.92 Å². The molecule has 60 valence electrons. The Kier molecular flexibility index (Phi) is 4.69. The molecule has 0 fully saturated rings. The molecule has 0 bridgehead atoms. The van der Waals surface area contributed by atoms with Gasteiger partial charge in [0.15, 0.2) is 0 Å². The Labute approximate surface area is 67.9 Å². The van der Waals surface area contributed by atoms with Gasteiger partial charge >= 0.3 is 0 Å². The highest BCUT2D eigenvalue weighted by Gasteiger charge is 2.11. The Balaban J connectivity index is 0.000000810. The lowest BCUT2D eigenvalue weighted by atomic mass is 10.3. The molecule has 0 amide bonds. The molecular formula is C7H14ClNO. The fourth-order valence-corrected chi connectivity index (χ4v) is 0.970. The molecule has 2 nitrogen and oxygen atoms in total. The van der Waals surface area contributed by atoms with Crippen LogP contribution in [0.1, 0.15) is 6.92 Å². The minimum absolute atomic E-state index is 0. The highest BCUT2D eigenvalue weighted by Crippen LogP contribution is 2.03. The van der Waals surface area contributed by atoms with E-state index >= 15 is 0 Å². The van der Waals surface area contributed by atoms with Crippen LogP contribution in [0.4, 0.5) is 0 Å². The van der Waals surface area contributed by atoms with Gasteiger partial charge in [-0.3, -0.25) is 4.90 Å². The molecule has 0 aliphatic carbocycles. The number of rotatable bonds is 2. The average Bonchev–Trinajstić information content (AvgIpc) is 2.37. The second-order valence-corrected chi connectivity index (χ2v) is 2.46. The summed E-state index contributed by atoms with van der Waals surface area (Å²) in [4.78, 5) is 2.22. The molecule has 1 aliphatic rings. The number of halogens is 1. The molecular weight excluding hydrogens is 150 g/mol. The molecule has 0 radical (unpaired) electrons. The highest BCUT2D eigenvalue weighted by atomic mass is 35.5. The Morgan fingerprint density at radius 2 is 2.00 bits per heavy atom. The normalized spacial score (nSPS) is 20.6. The third kappa shape index (κ3) is 2.29. The first-order valence-electron chi connectivity index (χ1n) is 3.34. The fourth-order valence-electron chi connectivity index (χ4n) is 0.970.